The highest BCUT2D eigenvalue weighted by molar-refractivity contribution is 5.98. The van der Waals surface area contributed by atoms with Gasteiger partial charge >= 0.3 is 0 Å². The third-order valence-corrected chi connectivity index (χ3v) is 10.5. The monoisotopic (exact) mass is 628 g/mol. The maximum Gasteiger partial charge on any atom is 0.254 e. The third kappa shape index (κ3) is 7.32. The minimum Gasteiger partial charge on any atom is -0.354 e. The minimum absolute atomic E-state index is 0.0211. The molecule has 0 radical (unpaired) electrons. The fourth-order valence-electron chi connectivity index (χ4n) is 8.01. The molecule has 5 aliphatic heterocycles. The van der Waals surface area contributed by atoms with Crippen LogP contribution in [0.2, 0.25) is 0 Å². The van der Waals surface area contributed by atoms with E-state index in [2.05, 4.69) is 20.9 Å². The van der Waals surface area contributed by atoms with Crippen LogP contribution in [0.1, 0.15) is 81.0 Å². The number of carbonyl (C=O) groups excluding carboxylic acids is 4. The molecule has 5 heterocycles. The average Bonchev–Trinajstić information content (AvgIpc) is 3.71. The van der Waals surface area contributed by atoms with Crippen LogP contribution in [0, 0.1) is 0 Å². The number of halogens is 2. The smallest absolute Gasteiger partial charge is 0.254 e. The Balaban J connectivity index is 1.20. The molecular weight excluding hydrogens is 582 g/mol. The van der Waals surface area contributed by atoms with Crippen molar-refractivity contribution in [1.82, 2.24) is 30.7 Å². The van der Waals surface area contributed by atoms with Gasteiger partial charge in [-0.2, -0.15) is 0 Å². The van der Waals surface area contributed by atoms with Gasteiger partial charge in [0.2, 0.25) is 23.6 Å². The van der Waals surface area contributed by atoms with Crippen LogP contribution in [0.25, 0.3) is 0 Å². The molecule has 6 aliphatic rings. The zero-order valence-corrected chi connectivity index (χ0v) is 25.9. The highest BCUT2D eigenvalue weighted by Crippen LogP contribution is 2.34. The van der Waals surface area contributed by atoms with E-state index in [0.717, 1.165) is 32.2 Å². The summed E-state index contributed by atoms with van der Waals surface area (Å²) < 4.78 is 27.7. The first kappa shape index (κ1) is 31.8. The highest BCUT2D eigenvalue weighted by atomic mass is 19.3. The number of hydrogen-bond donors (Lipinski definition) is 3. The molecule has 0 aromatic heterocycles. The molecule has 3 N–H and O–H groups in total. The summed E-state index contributed by atoms with van der Waals surface area (Å²) in [6, 6.07) is 7.03. The molecular formula is C33H46F2N6O4. The standard InChI is InChI=1S/C33H46F2N6O4/c34-33(35)14-10-23(11-15-33)37-26-8-4-16-36-29(42)28-20-24(21-41(28)31(44)22-6-2-1-3-7-22)38-30(43)27-9-5-17-40(27)25-12-18-39(19-13-25)32(26)45/h1-3,6-7,23-28,37H,4-5,8-21H2,(H,36,42)(H,38,43)/t24-,26+,27-,28+/m1/s1. The second-order valence-corrected chi connectivity index (χ2v) is 13.5. The lowest BCUT2D eigenvalue weighted by molar-refractivity contribution is -0.136. The second-order valence-electron chi connectivity index (χ2n) is 13.5. The van der Waals surface area contributed by atoms with Gasteiger partial charge in [0.25, 0.3) is 5.91 Å². The molecule has 10 nitrogen and oxygen atoms in total. The van der Waals surface area contributed by atoms with E-state index in [0.29, 0.717) is 57.3 Å². The summed E-state index contributed by atoms with van der Waals surface area (Å²) in [7, 11) is 0. The van der Waals surface area contributed by atoms with Crippen molar-refractivity contribution < 1.29 is 28.0 Å². The quantitative estimate of drug-likeness (QED) is 0.474. The number of nitrogens with one attached hydrogen (secondary N) is 3. The Labute approximate surface area is 263 Å². The van der Waals surface area contributed by atoms with Crippen molar-refractivity contribution >= 4 is 23.6 Å². The largest absolute Gasteiger partial charge is 0.354 e. The summed E-state index contributed by atoms with van der Waals surface area (Å²) in [4.78, 5) is 60.2. The molecule has 1 aliphatic carbocycles. The zero-order chi connectivity index (χ0) is 31.6. The van der Waals surface area contributed by atoms with Gasteiger partial charge in [-0.3, -0.25) is 24.1 Å². The SMILES string of the molecule is O=C1N[C@@H]2C[C@@H](C(=O)NCCC[C@H](NC3CCC(F)(F)CC3)C(=O)N3CCC(CC3)N3CCC[C@H]13)N(C(=O)c1ccccc1)C2. The number of rotatable bonds is 3. The Morgan fingerprint density at radius 2 is 1.60 bits per heavy atom. The number of amides is 4. The Morgan fingerprint density at radius 3 is 2.33 bits per heavy atom. The number of benzene rings is 1. The fraction of sp³-hybridized carbons (Fsp3) is 0.697. The van der Waals surface area contributed by atoms with Gasteiger partial charge in [0.15, 0.2) is 0 Å². The molecule has 6 fully saturated rings. The number of nitrogens with zero attached hydrogens (tertiary/aromatic N) is 3. The van der Waals surface area contributed by atoms with Crippen LogP contribution in [-0.4, -0.2) is 113 Å². The van der Waals surface area contributed by atoms with Crippen LogP contribution in [0.3, 0.4) is 0 Å². The second kappa shape index (κ2) is 13.7. The van der Waals surface area contributed by atoms with E-state index < -0.39 is 18.0 Å². The predicted molar refractivity (Wildman–Crippen MR) is 164 cm³/mol. The first-order valence-electron chi connectivity index (χ1n) is 16.8. The minimum atomic E-state index is -2.65. The topological polar surface area (TPSA) is 114 Å². The van der Waals surface area contributed by atoms with Crippen LogP contribution in [0.15, 0.2) is 30.3 Å². The summed E-state index contributed by atoms with van der Waals surface area (Å²) in [5, 5.41) is 9.57. The van der Waals surface area contributed by atoms with Gasteiger partial charge in [-0.05, 0) is 76.5 Å². The molecule has 0 spiro atoms. The lowest BCUT2D eigenvalue weighted by Gasteiger charge is -2.40. The fourth-order valence-corrected chi connectivity index (χ4v) is 8.01. The Morgan fingerprint density at radius 1 is 0.867 bits per heavy atom. The van der Waals surface area contributed by atoms with Crippen molar-refractivity contribution in [2.75, 3.05) is 32.7 Å². The maximum absolute atomic E-state index is 13.8. The van der Waals surface area contributed by atoms with Gasteiger partial charge in [-0.15, -0.1) is 0 Å². The summed E-state index contributed by atoms with van der Waals surface area (Å²) in [5.74, 6) is -3.27. The molecule has 246 valence electrons. The van der Waals surface area contributed by atoms with E-state index in [9.17, 15) is 28.0 Å². The van der Waals surface area contributed by atoms with Gasteiger partial charge in [0.1, 0.15) is 6.04 Å². The molecule has 5 saturated heterocycles. The molecule has 4 bridgehead atoms. The average molecular weight is 629 g/mol. The van der Waals surface area contributed by atoms with Gasteiger partial charge in [0, 0.05) is 62.7 Å². The lowest BCUT2D eigenvalue weighted by Crippen LogP contribution is -2.56. The van der Waals surface area contributed by atoms with E-state index in [-0.39, 0.29) is 67.2 Å². The van der Waals surface area contributed by atoms with Crippen LogP contribution in [0.4, 0.5) is 8.78 Å². The maximum atomic E-state index is 13.8. The van der Waals surface area contributed by atoms with E-state index in [1.165, 1.54) is 0 Å². The summed E-state index contributed by atoms with van der Waals surface area (Å²) >= 11 is 0. The molecule has 1 aromatic carbocycles. The third-order valence-electron chi connectivity index (χ3n) is 10.5. The first-order valence-corrected chi connectivity index (χ1v) is 16.8. The van der Waals surface area contributed by atoms with Crippen molar-refractivity contribution in [3.8, 4) is 0 Å². The highest BCUT2D eigenvalue weighted by Gasteiger charge is 2.44. The Hall–Kier alpha value is -3.12. The first-order chi connectivity index (χ1) is 21.7. The van der Waals surface area contributed by atoms with Gasteiger partial charge in [-0.1, -0.05) is 18.2 Å². The molecule has 4 amide bonds. The number of carbonyl (C=O) groups is 4. The number of fused-ring (bicyclic) bond motifs is 9. The Kier molecular flexibility index (Phi) is 9.70. The van der Waals surface area contributed by atoms with E-state index in [1.54, 1.807) is 29.2 Å². The normalized spacial score (nSPS) is 30.8. The van der Waals surface area contributed by atoms with Crippen molar-refractivity contribution in [2.45, 2.75) is 113 Å². The number of alkyl halides is 2. The van der Waals surface area contributed by atoms with E-state index in [1.807, 2.05) is 11.0 Å². The van der Waals surface area contributed by atoms with Gasteiger partial charge < -0.3 is 25.8 Å². The molecule has 12 heteroatoms. The van der Waals surface area contributed by atoms with Gasteiger partial charge in [0.05, 0.1) is 12.1 Å². The molecule has 0 unspecified atom stereocenters. The Bertz CT molecular complexity index is 1230. The van der Waals surface area contributed by atoms with Gasteiger partial charge in [-0.25, -0.2) is 8.78 Å². The predicted octanol–water partition coefficient (Wildman–Crippen LogP) is 2.29. The van der Waals surface area contributed by atoms with Crippen LogP contribution in [-0.2, 0) is 14.4 Å². The molecule has 7 rings (SSSR count). The zero-order valence-electron chi connectivity index (χ0n) is 25.9. The van der Waals surface area contributed by atoms with E-state index >= 15 is 0 Å². The molecule has 4 atom stereocenters. The summed E-state index contributed by atoms with van der Waals surface area (Å²) in [5.41, 5.74) is 0.487. The van der Waals surface area contributed by atoms with Crippen LogP contribution < -0.4 is 16.0 Å². The molecule has 1 aromatic rings. The van der Waals surface area contributed by atoms with Crippen molar-refractivity contribution in [3.63, 3.8) is 0 Å². The van der Waals surface area contributed by atoms with Crippen molar-refractivity contribution in [3.05, 3.63) is 35.9 Å². The number of likely N-dealkylation sites (tertiary alicyclic amines) is 1. The van der Waals surface area contributed by atoms with Crippen molar-refractivity contribution in [2.24, 2.45) is 0 Å². The van der Waals surface area contributed by atoms with E-state index in [4.69, 9.17) is 0 Å². The number of hydrogen-bond acceptors (Lipinski definition) is 6. The van der Waals surface area contributed by atoms with Crippen molar-refractivity contribution in [1.29, 1.82) is 0 Å². The summed E-state index contributed by atoms with van der Waals surface area (Å²) in [6.07, 6.45) is 4.81. The molecule has 45 heavy (non-hydrogen) atoms. The number of piperidine rings is 1. The van der Waals surface area contributed by atoms with Crippen LogP contribution >= 0.6 is 0 Å². The van der Waals surface area contributed by atoms with Crippen LogP contribution in [0.5, 0.6) is 0 Å². The summed E-state index contributed by atoms with van der Waals surface area (Å²) in [6.45, 7) is 2.57. The lowest BCUT2D eigenvalue weighted by atomic mass is 9.91. The molecule has 1 saturated carbocycles.